The fourth-order valence-electron chi connectivity index (χ4n) is 1.25. The Morgan fingerprint density at radius 2 is 2.00 bits per heavy atom. The van der Waals surface area contributed by atoms with E-state index in [4.69, 9.17) is 10.00 Å². The zero-order valence-electron chi connectivity index (χ0n) is 8.80. The van der Waals surface area contributed by atoms with Crippen LogP contribution in [0.2, 0.25) is 0 Å². The first-order valence-electron chi connectivity index (χ1n) is 4.88. The van der Waals surface area contributed by atoms with Gasteiger partial charge in [0.2, 0.25) is 0 Å². The first-order valence-corrected chi connectivity index (χ1v) is 4.88. The first kappa shape index (κ1) is 11.0. The Kier molecular flexibility index (Phi) is 3.26. The first-order chi connectivity index (χ1) is 8.31. The predicted octanol–water partition coefficient (Wildman–Crippen LogP) is 2.07. The second-order valence-corrected chi connectivity index (χ2v) is 3.20. The lowest BCUT2D eigenvalue weighted by atomic mass is 10.3. The van der Waals surface area contributed by atoms with Crippen LogP contribution in [-0.4, -0.2) is 9.97 Å². The lowest BCUT2D eigenvalue weighted by Gasteiger charge is -2.05. The van der Waals surface area contributed by atoms with Crippen LogP contribution in [0.15, 0.2) is 36.7 Å². The Morgan fingerprint density at radius 3 is 2.71 bits per heavy atom. The molecule has 4 nitrogen and oxygen atoms in total. The van der Waals surface area contributed by atoms with Gasteiger partial charge in [-0.2, -0.15) is 5.26 Å². The van der Waals surface area contributed by atoms with Gasteiger partial charge in [0.1, 0.15) is 30.4 Å². The monoisotopic (exact) mass is 229 g/mol. The van der Waals surface area contributed by atoms with Crippen LogP contribution in [0, 0.1) is 17.1 Å². The van der Waals surface area contributed by atoms with Gasteiger partial charge in [-0.25, -0.2) is 14.4 Å². The van der Waals surface area contributed by atoms with E-state index >= 15 is 0 Å². The summed E-state index contributed by atoms with van der Waals surface area (Å²) >= 11 is 0. The molecule has 0 bridgehead atoms. The molecule has 0 aliphatic carbocycles. The molecule has 2 aromatic rings. The van der Waals surface area contributed by atoms with Crippen molar-refractivity contribution in [2.45, 2.75) is 6.61 Å². The highest BCUT2D eigenvalue weighted by Crippen LogP contribution is 2.13. The van der Waals surface area contributed by atoms with Crippen molar-refractivity contribution in [2.75, 3.05) is 0 Å². The number of ether oxygens (including phenoxy) is 1. The van der Waals surface area contributed by atoms with Gasteiger partial charge >= 0.3 is 0 Å². The molecule has 0 saturated heterocycles. The molecule has 0 amide bonds. The highest BCUT2D eigenvalue weighted by Gasteiger charge is 2.10. The van der Waals surface area contributed by atoms with E-state index in [0.29, 0.717) is 5.75 Å². The summed E-state index contributed by atoms with van der Waals surface area (Å²) in [6.07, 6.45) is 1.14. The van der Waals surface area contributed by atoms with Crippen LogP contribution in [0.3, 0.4) is 0 Å². The molecule has 0 saturated carbocycles. The van der Waals surface area contributed by atoms with Gasteiger partial charge in [0.25, 0.3) is 0 Å². The third-order valence-corrected chi connectivity index (χ3v) is 2.09. The average Bonchev–Trinajstić information content (AvgIpc) is 2.39. The molecule has 0 unspecified atom stereocenters. The van der Waals surface area contributed by atoms with Gasteiger partial charge in [0.15, 0.2) is 11.5 Å². The molecule has 2 rings (SSSR count). The summed E-state index contributed by atoms with van der Waals surface area (Å²) in [5, 5.41) is 8.61. The van der Waals surface area contributed by atoms with Crippen molar-refractivity contribution in [1.29, 1.82) is 5.26 Å². The van der Waals surface area contributed by atoms with Crippen molar-refractivity contribution in [2.24, 2.45) is 0 Å². The van der Waals surface area contributed by atoms with Gasteiger partial charge < -0.3 is 4.74 Å². The van der Waals surface area contributed by atoms with Crippen molar-refractivity contribution in [3.63, 3.8) is 0 Å². The quantitative estimate of drug-likeness (QED) is 0.808. The fourth-order valence-corrected chi connectivity index (χ4v) is 1.25. The predicted molar refractivity (Wildman–Crippen MR) is 57.5 cm³/mol. The van der Waals surface area contributed by atoms with E-state index in [1.165, 1.54) is 0 Å². The number of rotatable bonds is 3. The lowest BCUT2D eigenvalue weighted by Crippen LogP contribution is -2.04. The summed E-state index contributed by atoms with van der Waals surface area (Å²) in [7, 11) is 0. The number of benzene rings is 1. The SMILES string of the molecule is N#Cc1ncnc(COc2ccccc2)c1F. The van der Waals surface area contributed by atoms with Gasteiger partial charge in [0.05, 0.1) is 0 Å². The summed E-state index contributed by atoms with van der Waals surface area (Å²) in [5.41, 5.74) is -0.202. The Balaban J connectivity index is 2.13. The molecule has 0 spiro atoms. The third kappa shape index (κ3) is 2.55. The summed E-state index contributed by atoms with van der Waals surface area (Å²) in [6.45, 7) is -0.0347. The topological polar surface area (TPSA) is 58.8 Å². The highest BCUT2D eigenvalue weighted by molar-refractivity contribution is 5.25. The van der Waals surface area contributed by atoms with E-state index in [2.05, 4.69) is 9.97 Å². The second kappa shape index (κ2) is 5.03. The molecule has 0 radical (unpaired) electrons. The summed E-state index contributed by atoms with van der Waals surface area (Å²) in [6, 6.07) is 10.6. The molecule has 0 aliphatic rings. The van der Waals surface area contributed by atoms with Crippen LogP contribution < -0.4 is 4.74 Å². The number of nitriles is 1. The van der Waals surface area contributed by atoms with E-state index in [1.54, 1.807) is 18.2 Å². The van der Waals surface area contributed by atoms with E-state index in [-0.39, 0.29) is 18.0 Å². The standard InChI is InChI=1S/C12H8FN3O/c13-12-10(6-14)15-8-16-11(12)7-17-9-4-2-1-3-5-9/h1-5,8H,7H2. The maximum Gasteiger partial charge on any atom is 0.184 e. The van der Waals surface area contributed by atoms with Crippen molar-refractivity contribution in [3.05, 3.63) is 53.9 Å². The van der Waals surface area contributed by atoms with Crippen LogP contribution in [0.4, 0.5) is 4.39 Å². The molecule has 1 heterocycles. The molecular formula is C12H8FN3O. The molecule has 1 aromatic heterocycles. The van der Waals surface area contributed by atoms with Crippen molar-refractivity contribution in [3.8, 4) is 11.8 Å². The number of nitrogens with zero attached hydrogens (tertiary/aromatic N) is 3. The smallest absolute Gasteiger partial charge is 0.184 e. The second-order valence-electron chi connectivity index (χ2n) is 3.20. The maximum atomic E-state index is 13.5. The molecule has 1 aromatic carbocycles. The number of aromatic nitrogens is 2. The number of halogens is 1. The van der Waals surface area contributed by atoms with E-state index in [9.17, 15) is 4.39 Å². The number of hydrogen-bond donors (Lipinski definition) is 0. The minimum atomic E-state index is -0.731. The molecule has 84 valence electrons. The molecular weight excluding hydrogens is 221 g/mol. The Bertz CT molecular complexity index is 551. The van der Waals surface area contributed by atoms with Crippen molar-refractivity contribution < 1.29 is 9.13 Å². The molecule has 17 heavy (non-hydrogen) atoms. The van der Waals surface area contributed by atoms with Crippen molar-refractivity contribution in [1.82, 2.24) is 9.97 Å². The Hall–Kier alpha value is -2.48. The average molecular weight is 229 g/mol. The van der Waals surface area contributed by atoms with Gasteiger partial charge in [-0.1, -0.05) is 18.2 Å². The molecule has 0 atom stereocenters. The van der Waals surface area contributed by atoms with Crippen LogP contribution in [0.25, 0.3) is 0 Å². The van der Waals surface area contributed by atoms with E-state index < -0.39 is 5.82 Å². The zero-order chi connectivity index (χ0) is 12.1. The van der Waals surface area contributed by atoms with Gasteiger partial charge in [-0.3, -0.25) is 0 Å². The number of hydrogen-bond acceptors (Lipinski definition) is 4. The van der Waals surface area contributed by atoms with E-state index in [1.807, 2.05) is 18.2 Å². The summed E-state index contributed by atoms with van der Waals surface area (Å²) in [4.78, 5) is 7.25. The molecule has 0 N–H and O–H groups in total. The third-order valence-electron chi connectivity index (χ3n) is 2.09. The van der Waals surface area contributed by atoms with Gasteiger partial charge in [0, 0.05) is 0 Å². The van der Waals surface area contributed by atoms with Crippen molar-refractivity contribution >= 4 is 0 Å². The van der Waals surface area contributed by atoms with Crippen LogP contribution in [0.1, 0.15) is 11.4 Å². The van der Waals surface area contributed by atoms with Crippen LogP contribution in [0.5, 0.6) is 5.75 Å². The minimum Gasteiger partial charge on any atom is -0.487 e. The van der Waals surface area contributed by atoms with Crippen LogP contribution >= 0.6 is 0 Å². The summed E-state index contributed by atoms with van der Waals surface area (Å²) < 4.78 is 18.9. The maximum absolute atomic E-state index is 13.5. The van der Waals surface area contributed by atoms with Gasteiger partial charge in [-0.05, 0) is 12.1 Å². The van der Waals surface area contributed by atoms with Crippen LogP contribution in [-0.2, 0) is 6.61 Å². The lowest BCUT2D eigenvalue weighted by molar-refractivity contribution is 0.293. The van der Waals surface area contributed by atoms with E-state index in [0.717, 1.165) is 6.33 Å². The Labute approximate surface area is 97.3 Å². The Morgan fingerprint density at radius 1 is 1.24 bits per heavy atom. The molecule has 0 fully saturated rings. The van der Waals surface area contributed by atoms with Gasteiger partial charge in [-0.15, -0.1) is 0 Å². The minimum absolute atomic E-state index is 0.0347. The highest BCUT2D eigenvalue weighted by atomic mass is 19.1. The zero-order valence-corrected chi connectivity index (χ0v) is 8.80. The number of para-hydroxylation sites is 1. The largest absolute Gasteiger partial charge is 0.487 e. The normalized spacial score (nSPS) is 9.65. The fraction of sp³-hybridized carbons (Fsp3) is 0.0833. The summed E-state index contributed by atoms with van der Waals surface area (Å²) in [5.74, 6) is -0.116. The molecule has 0 aliphatic heterocycles. The molecule has 5 heteroatoms.